The first kappa shape index (κ1) is 15.2. The van der Waals surface area contributed by atoms with Crippen molar-refractivity contribution in [1.82, 2.24) is 10.2 Å². The summed E-state index contributed by atoms with van der Waals surface area (Å²) >= 11 is 0. The van der Waals surface area contributed by atoms with Gasteiger partial charge in [-0.05, 0) is 38.3 Å². The van der Waals surface area contributed by atoms with E-state index in [2.05, 4.69) is 11.9 Å². The van der Waals surface area contributed by atoms with Crippen LogP contribution >= 0.6 is 0 Å². The van der Waals surface area contributed by atoms with E-state index < -0.39 is 0 Å². The number of hydrogen-bond donors (Lipinski definition) is 1. The topological polar surface area (TPSA) is 41.6 Å². The highest BCUT2D eigenvalue weighted by atomic mass is 16.5. The van der Waals surface area contributed by atoms with Crippen LogP contribution in [0.5, 0.6) is 0 Å². The van der Waals surface area contributed by atoms with Gasteiger partial charge in [0.1, 0.15) is 0 Å². The van der Waals surface area contributed by atoms with Gasteiger partial charge in [0.2, 0.25) is 5.91 Å². The van der Waals surface area contributed by atoms with E-state index in [1.165, 1.54) is 12.8 Å². The highest BCUT2D eigenvalue weighted by Crippen LogP contribution is 2.18. The largest absolute Gasteiger partial charge is 0.383 e. The van der Waals surface area contributed by atoms with Gasteiger partial charge in [-0.3, -0.25) is 4.79 Å². The Morgan fingerprint density at radius 3 is 2.83 bits per heavy atom. The molecule has 0 aromatic heterocycles. The molecule has 4 heteroatoms. The molecular weight excluding hydrogens is 228 g/mol. The predicted molar refractivity (Wildman–Crippen MR) is 73.5 cm³/mol. The van der Waals surface area contributed by atoms with Crippen LogP contribution in [0.1, 0.15) is 25.7 Å². The molecule has 1 heterocycles. The average molecular weight is 254 g/mol. The van der Waals surface area contributed by atoms with Gasteiger partial charge in [-0.15, -0.1) is 6.58 Å². The predicted octanol–water partition coefficient (Wildman–Crippen LogP) is 1.43. The maximum atomic E-state index is 12.1. The summed E-state index contributed by atoms with van der Waals surface area (Å²) in [7, 11) is 1.66. The summed E-state index contributed by atoms with van der Waals surface area (Å²) in [4.78, 5) is 13.9. The highest BCUT2D eigenvalue weighted by molar-refractivity contribution is 5.76. The summed E-state index contributed by atoms with van der Waals surface area (Å²) in [6.45, 7) is 7.76. The quantitative estimate of drug-likeness (QED) is 0.666. The van der Waals surface area contributed by atoms with Gasteiger partial charge < -0.3 is 15.0 Å². The molecule has 0 aromatic rings. The lowest BCUT2D eigenvalue weighted by Gasteiger charge is -2.25. The van der Waals surface area contributed by atoms with Gasteiger partial charge in [0, 0.05) is 26.6 Å². The van der Waals surface area contributed by atoms with Gasteiger partial charge in [0.25, 0.3) is 0 Å². The van der Waals surface area contributed by atoms with Gasteiger partial charge >= 0.3 is 0 Å². The summed E-state index contributed by atoms with van der Waals surface area (Å²) in [6, 6.07) is 0. The molecule has 4 nitrogen and oxygen atoms in total. The van der Waals surface area contributed by atoms with Crippen LogP contribution < -0.4 is 5.32 Å². The Morgan fingerprint density at radius 1 is 1.50 bits per heavy atom. The Balaban J connectivity index is 2.28. The van der Waals surface area contributed by atoms with Crippen LogP contribution in [0.4, 0.5) is 0 Å². The third kappa shape index (κ3) is 5.65. The molecule has 0 aromatic carbocycles. The van der Waals surface area contributed by atoms with Gasteiger partial charge in [0.05, 0.1) is 6.61 Å². The highest BCUT2D eigenvalue weighted by Gasteiger charge is 2.17. The Kier molecular flexibility index (Phi) is 7.69. The third-order valence-electron chi connectivity index (χ3n) is 3.49. The first-order chi connectivity index (χ1) is 8.77. The second kappa shape index (κ2) is 9.11. The molecule has 0 radical (unpaired) electrons. The minimum atomic E-state index is 0.227. The van der Waals surface area contributed by atoms with Crippen molar-refractivity contribution in [1.29, 1.82) is 0 Å². The number of piperidine rings is 1. The van der Waals surface area contributed by atoms with Crippen LogP contribution in [0.3, 0.4) is 0 Å². The normalized spacial score (nSPS) is 16.5. The molecule has 1 saturated heterocycles. The van der Waals surface area contributed by atoms with E-state index in [1.54, 1.807) is 13.2 Å². The molecule has 1 amide bonds. The summed E-state index contributed by atoms with van der Waals surface area (Å²) in [5.41, 5.74) is 0. The number of nitrogens with one attached hydrogen (secondary N) is 1. The minimum Gasteiger partial charge on any atom is -0.383 e. The molecule has 0 spiro atoms. The second-order valence-electron chi connectivity index (χ2n) is 4.85. The maximum absolute atomic E-state index is 12.1. The molecule has 0 saturated carbocycles. The van der Waals surface area contributed by atoms with Crippen LogP contribution in [0.2, 0.25) is 0 Å². The zero-order chi connectivity index (χ0) is 13.2. The lowest BCUT2D eigenvalue weighted by atomic mass is 9.93. The average Bonchev–Trinajstić information content (AvgIpc) is 2.42. The number of hydrogen-bond acceptors (Lipinski definition) is 3. The number of carbonyl (C=O) groups excluding carboxylic acids is 1. The van der Waals surface area contributed by atoms with Crippen molar-refractivity contribution >= 4 is 5.91 Å². The number of methoxy groups -OCH3 is 1. The lowest BCUT2D eigenvalue weighted by molar-refractivity contribution is -0.131. The lowest BCUT2D eigenvalue weighted by Crippen LogP contribution is -2.35. The van der Waals surface area contributed by atoms with E-state index >= 15 is 0 Å². The number of ether oxygens (including phenoxy) is 1. The van der Waals surface area contributed by atoms with E-state index in [1.807, 2.05) is 4.90 Å². The van der Waals surface area contributed by atoms with Crippen molar-refractivity contribution < 1.29 is 9.53 Å². The number of carbonyl (C=O) groups is 1. The van der Waals surface area contributed by atoms with E-state index in [4.69, 9.17) is 4.74 Å². The van der Waals surface area contributed by atoms with Crippen molar-refractivity contribution in [2.24, 2.45) is 5.92 Å². The van der Waals surface area contributed by atoms with Crippen LogP contribution in [0.15, 0.2) is 12.7 Å². The van der Waals surface area contributed by atoms with Gasteiger partial charge in [-0.2, -0.15) is 0 Å². The summed E-state index contributed by atoms with van der Waals surface area (Å²) in [5.74, 6) is 0.939. The Hall–Kier alpha value is -0.870. The van der Waals surface area contributed by atoms with E-state index in [9.17, 15) is 4.79 Å². The molecule has 0 aliphatic carbocycles. The first-order valence-corrected chi connectivity index (χ1v) is 6.86. The third-order valence-corrected chi connectivity index (χ3v) is 3.49. The standard InChI is InChI=1S/C14H26N2O2/c1-3-10-16(11-12-18-2)14(17)5-4-13-6-8-15-9-7-13/h3,13,15H,1,4-12H2,2H3. The van der Waals surface area contributed by atoms with E-state index in [0.29, 0.717) is 32.0 Å². The van der Waals surface area contributed by atoms with Crippen molar-refractivity contribution in [2.45, 2.75) is 25.7 Å². The van der Waals surface area contributed by atoms with E-state index in [0.717, 1.165) is 19.5 Å². The van der Waals surface area contributed by atoms with Gasteiger partial charge in [-0.1, -0.05) is 6.08 Å². The SMILES string of the molecule is C=CCN(CCOC)C(=O)CCC1CCNCC1. The molecule has 1 rings (SSSR count). The van der Waals surface area contributed by atoms with E-state index in [-0.39, 0.29) is 5.91 Å². The molecule has 104 valence electrons. The smallest absolute Gasteiger partial charge is 0.222 e. The maximum Gasteiger partial charge on any atom is 0.222 e. The fraction of sp³-hybridized carbons (Fsp3) is 0.786. The van der Waals surface area contributed by atoms with Crippen molar-refractivity contribution in [2.75, 3.05) is 39.9 Å². The van der Waals surface area contributed by atoms with Crippen LogP contribution in [-0.4, -0.2) is 50.7 Å². The Morgan fingerprint density at radius 2 is 2.22 bits per heavy atom. The molecule has 0 atom stereocenters. The van der Waals surface area contributed by atoms with Crippen molar-refractivity contribution in [3.05, 3.63) is 12.7 Å². The number of rotatable bonds is 8. The molecule has 1 aliphatic heterocycles. The monoisotopic (exact) mass is 254 g/mol. The van der Waals surface area contributed by atoms with Crippen LogP contribution in [0, 0.1) is 5.92 Å². The second-order valence-corrected chi connectivity index (χ2v) is 4.85. The zero-order valence-corrected chi connectivity index (χ0v) is 11.5. The molecule has 18 heavy (non-hydrogen) atoms. The number of nitrogens with zero attached hydrogens (tertiary/aromatic N) is 1. The minimum absolute atomic E-state index is 0.227. The first-order valence-electron chi connectivity index (χ1n) is 6.86. The van der Waals surface area contributed by atoms with Crippen LogP contribution in [-0.2, 0) is 9.53 Å². The summed E-state index contributed by atoms with van der Waals surface area (Å²) in [6.07, 6.45) is 5.85. The summed E-state index contributed by atoms with van der Waals surface area (Å²) < 4.78 is 5.03. The molecule has 1 aliphatic rings. The zero-order valence-electron chi connectivity index (χ0n) is 11.5. The summed E-state index contributed by atoms with van der Waals surface area (Å²) in [5, 5.41) is 3.35. The molecule has 0 unspecified atom stereocenters. The number of amides is 1. The van der Waals surface area contributed by atoms with Gasteiger partial charge in [0.15, 0.2) is 0 Å². The van der Waals surface area contributed by atoms with Gasteiger partial charge in [-0.25, -0.2) is 0 Å². The van der Waals surface area contributed by atoms with Crippen molar-refractivity contribution in [3.8, 4) is 0 Å². The fourth-order valence-electron chi connectivity index (χ4n) is 2.33. The van der Waals surface area contributed by atoms with Crippen LogP contribution in [0.25, 0.3) is 0 Å². The molecule has 1 N–H and O–H groups in total. The fourth-order valence-corrected chi connectivity index (χ4v) is 2.33. The molecule has 1 fully saturated rings. The molecular formula is C14H26N2O2. The molecule has 0 bridgehead atoms. The Bertz CT molecular complexity index is 250. The van der Waals surface area contributed by atoms with Crippen molar-refractivity contribution in [3.63, 3.8) is 0 Å². The Labute approximate surface area is 110 Å².